The molecule has 1 unspecified atom stereocenters. The van der Waals surface area contributed by atoms with Gasteiger partial charge in [-0.15, -0.1) is 23.5 Å². The van der Waals surface area contributed by atoms with Gasteiger partial charge in [-0.05, 0) is 53.3 Å². The Balaban J connectivity index is 1.61. The van der Waals surface area contributed by atoms with E-state index in [4.69, 9.17) is 18.9 Å². The summed E-state index contributed by atoms with van der Waals surface area (Å²) in [5.74, 6) is 3.26. The predicted molar refractivity (Wildman–Crippen MR) is 131 cm³/mol. The van der Waals surface area contributed by atoms with Crippen molar-refractivity contribution in [2.45, 2.75) is 23.5 Å². The topological polar surface area (TPSA) is 83.1 Å². The average molecular weight is 492 g/mol. The van der Waals surface area contributed by atoms with E-state index in [0.717, 1.165) is 0 Å². The molecule has 1 atom stereocenters. The summed E-state index contributed by atoms with van der Waals surface area (Å²) in [6.45, 7) is -0.169. The van der Waals surface area contributed by atoms with E-state index in [1.165, 1.54) is 37.7 Å². The highest BCUT2D eigenvalue weighted by Gasteiger charge is 2.21. The Hall–Kier alpha value is -2.52. The molecule has 0 aliphatic carbocycles. The minimum absolute atomic E-state index is 0.0247. The maximum Gasteiger partial charge on any atom is 0.307 e. The minimum Gasteiger partial charge on any atom is -0.493 e. The second-order valence-corrected chi connectivity index (χ2v) is 10.0. The first kappa shape index (κ1) is 25.1. The van der Waals surface area contributed by atoms with E-state index in [9.17, 15) is 9.59 Å². The van der Waals surface area contributed by atoms with Gasteiger partial charge in [0.05, 0.1) is 38.4 Å². The van der Waals surface area contributed by atoms with Gasteiger partial charge in [0.15, 0.2) is 18.1 Å². The summed E-state index contributed by atoms with van der Waals surface area (Å²) in [5.41, 5.74) is 1.95. The van der Waals surface area contributed by atoms with Crippen molar-refractivity contribution < 1.29 is 28.5 Å². The molecule has 1 aliphatic rings. The van der Waals surface area contributed by atoms with E-state index in [-0.39, 0.29) is 18.9 Å². The molecule has 1 heterocycles. The van der Waals surface area contributed by atoms with Crippen molar-refractivity contribution in [2.24, 2.45) is 0 Å². The number of hydrogen-bond donors (Lipinski definition) is 1. The average Bonchev–Trinajstić information content (AvgIpc) is 2.87. The largest absolute Gasteiger partial charge is 0.493 e. The number of benzene rings is 2. The van der Waals surface area contributed by atoms with E-state index in [2.05, 4.69) is 5.32 Å². The lowest BCUT2D eigenvalue weighted by atomic mass is 10.0. The molecule has 33 heavy (non-hydrogen) atoms. The third kappa shape index (κ3) is 7.23. The van der Waals surface area contributed by atoms with Crippen LogP contribution in [0, 0.1) is 0 Å². The number of amides is 1. The van der Waals surface area contributed by atoms with Crippen molar-refractivity contribution in [3.63, 3.8) is 0 Å². The predicted octanol–water partition coefficient (Wildman–Crippen LogP) is 4.37. The normalized spacial score (nSPS) is 14.8. The Labute approximate surface area is 202 Å². The molecule has 0 saturated carbocycles. The third-order valence-electron chi connectivity index (χ3n) is 5.09. The van der Waals surface area contributed by atoms with Gasteiger partial charge in [-0.3, -0.25) is 9.59 Å². The summed E-state index contributed by atoms with van der Waals surface area (Å²) in [6, 6.07) is 12.5. The number of nitrogens with one attached hydrogen (secondary N) is 1. The molecule has 7 nitrogen and oxygen atoms in total. The van der Waals surface area contributed by atoms with E-state index in [0.29, 0.717) is 27.4 Å². The Bertz CT molecular complexity index is 931. The van der Waals surface area contributed by atoms with Crippen molar-refractivity contribution in [1.29, 1.82) is 0 Å². The molecule has 0 spiro atoms. The number of esters is 1. The van der Waals surface area contributed by atoms with Crippen LogP contribution in [0.15, 0.2) is 42.5 Å². The van der Waals surface area contributed by atoms with Gasteiger partial charge in [-0.25, -0.2) is 0 Å². The van der Waals surface area contributed by atoms with Crippen LogP contribution in [-0.2, 0) is 14.3 Å². The van der Waals surface area contributed by atoms with Crippen molar-refractivity contribution in [3.05, 3.63) is 53.6 Å². The Morgan fingerprint density at radius 1 is 1.00 bits per heavy atom. The fourth-order valence-corrected chi connectivity index (χ4v) is 6.25. The maximum atomic E-state index is 12.6. The van der Waals surface area contributed by atoms with Gasteiger partial charge in [0.1, 0.15) is 5.75 Å². The van der Waals surface area contributed by atoms with Crippen LogP contribution in [0.25, 0.3) is 0 Å². The highest BCUT2D eigenvalue weighted by molar-refractivity contribution is 8.16. The summed E-state index contributed by atoms with van der Waals surface area (Å²) >= 11 is 3.92. The van der Waals surface area contributed by atoms with Gasteiger partial charge in [0, 0.05) is 0 Å². The first-order chi connectivity index (χ1) is 16.0. The summed E-state index contributed by atoms with van der Waals surface area (Å²) in [5, 5.41) is 2.85. The summed E-state index contributed by atoms with van der Waals surface area (Å²) in [7, 11) is 4.38. The molecular formula is C24H29NO6S2. The molecule has 9 heteroatoms. The van der Waals surface area contributed by atoms with Gasteiger partial charge in [-0.1, -0.05) is 18.2 Å². The quantitative estimate of drug-likeness (QED) is 0.491. The highest BCUT2D eigenvalue weighted by atomic mass is 32.2. The van der Waals surface area contributed by atoms with Gasteiger partial charge in [0.2, 0.25) is 0 Å². The fourth-order valence-electron chi connectivity index (χ4n) is 3.36. The first-order valence-electron chi connectivity index (χ1n) is 10.6. The summed E-state index contributed by atoms with van der Waals surface area (Å²) in [6.07, 6.45) is 1.23. The smallest absolute Gasteiger partial charge is 0.307 e. The molecule has 1 amide bonds. The zero-order valence-electron chi connectivity index (χ0n) is 19.0. The number of hydrogen-bond acceptors (Lipinski definition) is 8. The first-order valence-corrected chi connectivity index (χ1v) is 12.7. The third-order valence-corrected chi connectivity index (χ3v) is 8.11. The van der Waals surface area contributed by atoms with Crippen LogP contribution in [0.1, 0.15) is 34.6 Å². The number of carbonyl (C=O) groups excluding carboxylic acids is 2. The van der Waals surface area contributed by atoms with E-state index >= 15 is 0 Å². The molecule has 1 aliphatic heterocycles. The summed E-state index contributed by atoms with van der Waals surface area (Å²) in [4.78, 5) is 24.5. The summed E-state index contributed by atoms with van der Waals surface area (Å²) < 4.78 is 21.5. The van der Waals surface area contributed by atoms with E-state index in [1.807, 2.05) is 47.8 Å². The van der Waals surface area contributed by atoms with Crippen LogP contribution in [0.4, 0.5) is 0 Å². The molecule has 2 aromatic carbocycles. The number of thioether (sulfide) groups is 2. The maximum absolute atomic E-state index is 12.6. The van der Waals surface area contributed by atoms with Crippen molar-refractivity contribution >= 4 is 35.4 Å². The lowest BCUT2D eigenvalue weighted by Gasteiger charge is -2.21. The van der Waals surface area contributed by atoms with Crippen LogP contribution in [0.2, 0.25) is 0 Å². The fraction of sp³-hybridized carbons (Fsp3) is 0.417. The van der Waals surface area contributed by atoms with Crippen molar-refractivity contribution in [1.82, 2.24) is 5.32 Å². The van der Waals surface area contributed by atoms with Gasteiger partial charge < -0.3 is 24.3 Å². The van der Waals surface area contributed by atoms with E-state index in [1.54, 1.807) is 25.3 Å². The standard InChI is InChI=1S/C24H29NO6S2/c1-28-20-10-7-17(13-21(20)29-2)19(14-23(27)30-3)25-22(26)15-31-18-8-5-16(6-9-18)24-32-11-4-12-33-24/h5-10,13,19,24H,4,11-12,14-15H2,1-3H3,(H,25,26). The lowest BCUT2D eigenvalue weighted by Crippen LogP contribution is -2.34. The molecule has 178 valence electrons. The highest BCUT2D eigenvalue weighted by Crippen LogP contribution is 2.43. The van der Waals surface area contributed by atoms with Crippen LogP contribution >= 0.6 is 23.5 Å². The van der Waals surface area contributed by atoms with Gasteiger partial charge in [0.25, 0.3) is 5.91 Å². The van der Waals surface area contributed by atoms with Crippen LogP contribution in [-0.4, -0.2) is 51.3 Å². The molecule has 2 aromatic rings. The number of methoxy groups -OCH3 is 3. The lowest BCUT2D eigenvalue weighted by molar-refractivity contribution is -0.141. The molecule has 0 radical (unpaired) electrons. The van der Waals surface area contributed by atoms with Crippen LogP contribution in [0.5, 0.6) is 17.2 Å². The van der Waals surface area contributed by atoms with Crippen LogP contribution in [0.3, 0.4) is 0 Å². The molecule has 0 bridgehead atoms. The number of ether oxygens (including phenoxy) is 4. The molecule has 1 N–H and O–H groups in total. The zero-order chi connectivity index (χ0) is 23.6. The van der Waals surface area contributed by atoms with Gasteiger partial charge in [-0.2, -0.15) is 0 Å². The molecule has 0 aromatic heterocycles. The Kier molecular flexibility index (Phi) is 9.62. The molecular weight excluding hydrogens is 462 g/mol. The van der Waals surface area contributed by atoms with E-state index < -0.39 is 12.0 Å². The van der Waals surface area contributed by atoms with Gasteiger partial charge >= 0.3 is 5.97 Å². The Morgan fingerprint density at radius 2 is 1.70 bits per heavy atom. The minimum atomic E-state index is -0.601. The van der Waals surface area contributed by atoms with Crippen molar-refractivity contribution in [2.75, 3.05) is 39.4 Å². The second-order valence-electron chi connectivity index (χ2n) is 7.30. The van der Waals surface area contributed by atoms with Crippen molar-refractivity contribution in [3.8, 4) is 17.2 Å². The van der Waals surface area contributed by atoms with Crippen LogP contribution < -0.4 is 19.5 Å². The molecule has 3 rings (SSSR count). The zero-order valence-corrected chi connectivity index (χ0v) is 20.6. The second kappa shape index (κ2) is 12.6. The molecule has 1 saturated heterocycles. The Morgan fingerprint density at radius 3 is 2.33 bits per heavy atom. The molecule has 1 fully saturated rings. The number of carbonyl (C=O) groups is 2. The SMILES string of the molecule is COC(=O)CC(NC(=O)COc1ccc(C2SCCCS2)cc1)c1ccc(OC)c(OC)c1. The number of rotatable bonds is 10. The monoisotopic (exact) mass is 491 g/mol.